The summed E-state index contributed by atoms with van der Waals surface area (Å²) in [5.41, 5.74) is 0.887. The zero-order valence-electron chi connectivity index (χ0n) is 12.9. The predicted octanol–water partition coefficient (Wildman–Crippen LogP) is 0.189. The first-order valence-electron chi connectivity index (χ1n) is 7.24. The van der Waals surface area contributed by atoms with Crippen molar-refractivity contribution in [3.63, 3.8) is 0 Å². The standard InChI is InChI=1S/C14H22N4O3S/c1-17(22(2,20)21)11-14(19)16-10-12-5-6-13(15-9-12)18-7-3-4-8-18/h5-6,9H,3-4,7-8,10-11H2,1-2H3,(H,16,19). The number of hydrogen-bond donors (Lipinski definition) is 1. The van der Waals surface area contributed by atoms with Gasteiger partial charge in [-0.2, -0.15) is 4.31 Å². The number of sulfonamides is 1. The lowest BCUT2D eigenvalue weighted by Crippen LogP contribution is -2.37. The SMILES string of the molecule is CN(CC(=O)NCc1ccc(N2CCCC2)nc1)S(C)(=O)=O. The number of nitrogens with zero attached hydrogens (tertiary/aromatic N) is 3. The van der Waals surface area contributed by atoms with Crippen molar-refractivity contribution in [1.29, 1.82) is 0 Å². The van der Waals surface area contributed by atoms with Crippen LogP contribution in [0.15, 0.2) is 18.3 Å². The van der Waals surface area contributed by atoms with Gasteiger partial charge in [-0.15, -0.1) is 0 Å². The van der Waals surface area contributed by atoms with Gasteiger partial charge in [0.25, 0.3) is 0 Å². The smallest absolute Gasteiger partial charge is 0.235 e. The van der Waals surface area contributed by atoms with Crippen LogP contribution in [0.3, 0.4) is 0 Å². The summed E-state index contributed by atoms with van der Waals surface area (Å²) in [6, 6.07) is 3.89. The Morgan fingerprint density at radius 2 is 2.05 bits per heavy atom. The van der Waals surface area contributed by atoms with E-state index in [4.69, 9.17) is 0 Å². The van der Waals surface area contributed by atoms with Gasteiger partial charge in [0, 0.05) is 32.9 Å². The van der Waals surface area contributed by atoms with Crippen LogP contribution in [0, 0.1) is 0 Å². The lowest BCUT2D eigenvalue weighted by Gasteiger charge is -2.16. The fourth-order valence-corrected chi connectivity index (χ4v) is 2.58. The number of pyridine rings is 1. The number of nitrogens with one attached hydrogen (secondary N) is 1. The van der Waals surface area contributed by atoms with Crippen LogP contribution in [-0.2, 0) is 21.4 Å². The Labute approximate surface area is 131 Å². The van der Waals surface area contributed by atoms with E-state index in [1.807, 2.05) is 12.1 Å². The first-order chi connectivity index (χ1) is 10.4. The predicted molar refractivity (Wildman–Crippen MR) is 85.0 cm³/mol. The lowest BCUT2D eigenvalue weighted by molar-refractivity contribution is -0.121. The third-order valence-corrected chi connectivity index (χ3v) is 4.92. The van der Waals surface area contributed by atoms with Gasteiger partial charge < -0.3 is 10.2 Å². The van der Waals surface area contributed by atoms with E-state index in [0.29, 0.717) is 6.54 Å². The molecular weight excluding hydrogens is 304 g/mol. The van der Waals surface area contributed by atoms with Crippen LogP contribution in [0.4, 0.5) is 5.82 Å². The topological polar surface area (TPSA) is 82.6 Å². The van der Waals surface area contributed by atoms with Crippen molar-refractivity contribution in [3.05, 3.63) is 23.9 Å². The molecule has 2 heterocycles. The molecule has 8 heteroatoms. The Morgan fingerprint density at radius 3 is 2.59 bits per heavy atom. The maximum atomic E-state index is 11.7. The molecule has 0 aromatic carbocycles. The Kier molecular flexibility index (Phi) is 5.36. The Bertz CT molecular complexity index is 609. The Hall–Kier alpha value is -1.67. The molecule has 0 atom stereocenters. The van der Waals surface area contributed by atoms with Crippen molar-refractivity contribution in [1.82, 2.24) is 14.6 Å². The summed E-state index contributed by atoms with van der Waals surface area (Å²) in [4.78, 5) is 18.4. The zero-order chi connectivity index (χ0) is 16.2. The molecule has 1 amide bonds. The fourth-order valence-electron chi connectivity index (χ4n) is 2.23. The molecule has 7 nitrogen and oxygen atoms in total. The van der Waals surface area contributed by atoms with Crippen molar-refractivity contribution in [2.45, 2.75) is 19.4 Å². The van der Waals surface area contributed by atoms with E-state index in [0.717, 1.165) is 35.0 Å². The normalized spacial score (nSPS) is 15.3. The molecule has 0 spiro atoms. The highest BCUT2D eigenvalue weighted by Gasteiger charge is 2.15. The van der Waals surface area contributed by atoms with Crippen molar-refractivity contribution >= 4 is 21.7 Å². The van der Waals surface area contributed by atoms with E-state index >= 15 is 0 Å². The number of rotatable bonds is 6. The Morgan fingerprint density at radius 1 is 1.36 bits per heavy atom. The average Bonchev–Trinajstić information content (AvgIpc) is 2.99. The monoisotopic (exact) mass is 326 g/mol. The fraction of sp³-hybridized carbons (Fsp3) is 0.571. The minimum Gasteiger partial charge on any atom is -0.357 e. The molecule has 1 aromatic rings. The molecule has 0 radical (unpaired) electrons. The first kappa shape index (κ1) is 16.7. The van der Waals surface area contributed by atoms with E-state index in [9.17, 15) is 13.2 Å². The lowest BCUT2D eigenvalue weighted by atomic mass is 10.2. The summed E-state index contributed by atoms with van der Waals surface area (Å²) < 4.78 is 23.5. The van der Waals surface area contributed by atoms with Gasteiger partial charge >= 0.3 is 0 Å². The number of hydrogen-bond acceptors (Lipinski definition) is 5. The summed E-state index contributed by atoms with van der Waals surface area (Å²) >= 11 is 0. The van der Waals surface area contributed by atoms with Crippen LogP contribution in [0.5, 0.6) is 0 Å². The minimum absolute atomic E-state index is 0.182. The van der Waals surface area contributed by atoms with Crippen LogP contribution in [0.2, 0.25) is 0 Å². The number of anilines is 1. The summed E-state index contributed by atoms with van der Waals surface area (Å²) in [5, 5.41) is 2.69. The van der Waals surface area contributed by atoms with Gasteiger partial charge in [0.05, 0.1) is 12.8 Å². The average molecular weight is 326 g/mol. The number of likely N-dealkylation sites (N-methyl/N-ethyl adjacent to an activating group) is 1. The van der Waals surface area contributed by atoms with Crippen LogP contribution in [0.25, 0.3) is 0 Å². The van der Waals surface area contributed by atoms with Crippen molar-refractivity contribution in [2.24, 2.45) is 0 Å². The maximum Gasteiger partial charge on any atom is 0.235 e. The first-order valence-corrected chi connectivity index (χ1v) is 9.09. The van der Waals surface area contributed by atoms with Crippen LogP contribution in [0.1, 0.15) is 18.4 Å². The molecule has 1 aliphatic rings. The second-order valence-corrected chi connectivity index (χ2v) is 7.60. The van der Waals surface area contributed by atoms with Crippen LogP contribution in [-0.4, -0.2) is 56.6 Å². The van der Waals surface area contributed by atoms with Gasteiger partial charge in [0.1, 0.15) is 5.82 Å². The van der Waals surface area contributed by atoms with Crippen molar-refractivity contribution in [2.75, 3.05) is 37.8 Å². The summed E-state index contributed by atoms with van der Waals surface area (Å²) in [6.07, 6.45) is 5.22. The molecular formula is C14H22N4O3S. The zero-order valence-corrected chi connectivity index (χ0v) is 13.8. The molecule has 2 rings (SSSR count). The molecule has 122 valence electrons. The van der Waals surface area contributed by atoms with Crippen LogP contribution >= 0.6 is 0 Å². The second kappa shape index (κ2) is 7.06. The molecule has 0 saturated carbocycles. The van der Waals surface area contributed by atoms with E-state index in [1.54, 1.807) is 6.20 Å². The van der Waals surface area contributed by atoms with Gasteiger partial charge in [-0.05, 0) is 24.5 Å². The quantitative estimate of drug-likeness (QED) is 0.807. The molecule has 1 saturated heterocycles. The highest BCUT2D eigenvalue weighted by molar-refractivity contribution is 7.88. The highest BCUT2D eigenvalue weighted by atomic mass is 32.2. The molecule has 1 N–H and O–H groups in total. The van der Waals surface area contributed by atoms with E-state index in [1.165, 1.54) is 19.9 Å². The third kappa shape index (κ3) is 4.67. The molecule has 0 unspecified atom stereocenters. The van der Waals surface area contributed by atoms with E-state index in [-0.39, 0.29) is 12.5 Å². The van der Waals surface area contributed by atoms with Crippen molar-refractivity contribution < 1.29 is 13.2 Å². The summed E-state index contributed by atoms with van der Waals surface area (Å²) in [5.74, 6) is 0.626. The molecule has 1 fully saturated rings. The van der Waals surface area contributed by atoms with Crippen molar-refractivity contribution in [3.8, 4) is 0 Å². The maximum absolute atomic E-state index is 11.7. The van der Waals surface area contributed by atoms with Gasteiger partial charge in [0.2, 0.25) is 15.9 Å². The van der Waals surface area contributed by atoms with Gasteiger partial charge in [0.15, 0.2) is 0 Å². The summed E-state index contributed by atoms with van der Waals surface area (Å²) in [7, 11) is -1.97. The minimum atomic E-state index is -3.34. The number of aromatic nitrogens is 1. The molecule has 22 heavy (non-hydrogen) atoms. The molecule has 1 aliphatic heterocycles. The van der Waals surface area contributed by atoms with Gasteiger partial charge in [-0.25, -0.2) is 13.4 Å². The largest absolute Gasteiger partial charge is 0.357 e. The van der Waals surface area contributed by atoms with E-state index in [2.05, 4.69) is 15.2 Å². The molecule has 1 aromatic heterocycles. The molecule has 0 bridgehead atoms. The molecule has 0 aliphatic carbocycles. The number of amides is 1. The van der Waals surface area contributed by atoms with Crippen LogP contribution < -0.4 is 10.2 Å². The highest BCUT2D eigenvalue weighted by Crippen LogP contribution is 2.17. The number of carbonyl (C=O) groups is 1. The Balaban J connectivity index is 1.82. The third-order valence-electron chi connectivity index (χ3n) is 3.66. The second-order valence-electron chi connectivity index (χ2n) is 5.51. The van der Waals surface area contributed by atoms with Gasteiger partial charge in [-0.3, -0.25) is 4.79 Å². The number of carbonyl (C=O) groups excluding carboxylic acids is 1. The summed E-state index contributed by atoms with van der Waals surface area (Å²) in [6.45, 7) is 2.24. The van der Waals surface area contributed by atoms with E-state index < -0.39 is 10.0 Å². The van der Waals surface area contributed by atoms with Gasteiger partial charge in [-0.1, -0.05) is 6.07 Å².